The number of aliphatic carboxylic acids is 1. The van der Waals surface area contributed by atoms with Gasteiger partial charge in [-0.2, -0.15) is 0 Å². The molecule has 0 bridgehead atoms. The zero-order valence-corrected chi connectivity index (χ0v) is 22.2. The van der Waals surface area contributed by atoms with Crippen LogP contribution in [-0.2, 0) is 25.6 Å². The quantitative estimate of drug-likeness (QED) is 0.403. The number of hydrogen-bond donors (Lipinski definition) is 1. The van der Waals surface area contributed by atoms with Crippen molar-refractivity contribution < 1.29 is 29.1 Å². The molecule has 0 aliphatic carbocycles. The summed E-state index contributed by atoms with van der Waals surface area (Å²) in [6, 6.07) is 5.70. The van der Waals surface area contributed by atoms with Crippen LogP contribution >= 0.6 is 0 Å². The van der Waals surface area contributed by atoms with E-state index in [9.17, 15) is 19.5 Å². The van der Waals surface area contributed by atoms with E-state index in [0.717, 1.165) is 49.1 Å². The summed E-state index contributed by atoms with van der Waals surface area (Å²) in [5.41, 5.74) is 2.10. The number of carboxylic acids is 1. The van der Waals surface area contributed by atoms with E-state index < -0.39 is 11.9 Å². The summed E-state index contributed by atoms with van der Waals surface area (Å²) < 4.78 is 5.65. The fraction of sp³-hybridized carbons (Fsp3) is 0.679. The van der Waals surface area contributed by atoms with Crippen LogP contribution in [-0.4, -0.2) is 89.7 Å². The molecule has 3 atom stereocenters. The van der Waals surface area contributed by atoms with Crippen molar-refractivity contribution in [2.45, 2.75) is 70.8 Å². The Kier molecular flexibility index (Phi) is 9.43. The molecule has 2 fully saturated rings. The van der Waals surface area contributed by atoms with Crippen molar-refractivity contribution in [2.24, 2.45) is 5.92 Å². The Morgan fingerprint density at radius 2 is 2.05 bits per heavy atom. The number of carbonyl (C=O) groups is 3. The van der Waals surface area contributed by atoms with Gasteiger partial charge >= 0.3 is 5.97 Å². The fourth-order valence-electron chi connectivity index (χ4n) is 5.98. The molecule has 3 aliphatic heterocycles. The van der Waals surface area contributed by atoms with Gasteiger partial charge in [-0.05, 0) is 49.3 Å². The number of ether oxygens (including phenoxy) is 1. The number of benzene rings is 1. The number of rotatable bonds is 13. The van der Waals surface area contributed by atoms with Crippen LogP contribution in [0.4, 0.5) is 0 Å². The van der Waals surface area contributed by atoms with Crippen LogP contribution < -0.4 is 4.74 Å². The number of fused-ring (bicyclic) bond motifs is 1. The van der Waals surface area contributed by atoms with E-state index in [0.29, 0.717) is 52.1 Å². The Bertz CT molecular complexity index is 969. The molecule has 9 nitrogen and oxygen atoms in total. The highest BCUT2D eigenvalue weighted by atomic mass is 16.7. The third-order valence-electron chi connectivity index (χ3n) is 7.77. The van der Waals surface area contributed by atoms with E-state index in [1.165, 1.54) is 5.06 Å². The predicted octanol–water partition coefficient (Wildman–Crippen LogP) is 3.07. The average Bonchev–Trinajstić information content (AvgIpc) is 3.60. The van der Waals surface area contributed by atoms with E-state index in [1.807, 2.05) is 35.8 Å². The third kappa shape index (κ3) is 6.44. The van der Waals surface area contributed by atoms with Gasteiger partial charge in [0.2, 0.25) is 5.91 Å². The van der Waals surface area contributed by atoms with Gasteiger partial charge in [-0.3, -0.25) is 24.1 Å². The molecule has 37 heavy (non-hydrogen) atoms. The molecule has 1 aromatic rings. The van der Waals surface area contributed by atoms with Crippen molar-refractivity contribution in [1.29, 1.82) is 0 Å². The first-order valence-corrected chi connectivity index (χ1v) is 13.9. The van der Waals surface area contributed by atoms with Crippen LogP contribution in [0.25, 0.3) is 0 Å². The number of hydroxylamine groups is 2. The minimum atomic E-state index is -0.841. The lowest BCUT2D eigenvalue weighted by atomic mass is 9.83. The van der Waals surface area contributed by atoms with Gasteiger partial charge in [0, 0.05) is 51.0 Å². The zero-order chi connectivity index (χ0) is 26.4. The van der Waals surface area contributed by atoms with Crippen molar-refractivity contribution in [2.75, 3.05) is 45.9 Å². The summed E-state index contributed by atoms with van der Waals surface area (Å²) in [4.78, 5) is 47.7. The minimum Gasteiger partial charge on any atom is -0.493 e. The SMILES string of the molecule is CCCON(CCC)C(=O)CN1C[C@H](c2ccc3c(c2)CCO3)[C@@H](C(=O)O)[C@@H]1CCCN1CCCC1=O. The highest BCUT2D eigenvalue weighted by molar-refractivity contribution is 5.78. The van der Waals surface area contributed by atoms with Crippen LogP contribution in [0.5, 0.6) is 5.75 Å². The van der Waals surface area contributed by atoms with Gasteiger partial charge in [0.25, 0.3) is 5.91 Å². The van der Waals surface area contributed by atoms with Gasteiger partial charge < -0.3 is 14.7 Å². The van der Waals surface area contributed by atoms with Gasteiger partial charge in [0.05, 0.1) is 25.7 Å². The Hall–Kier alpha value is -2.65. The molecular weight excluding hydrogens is 474 g/mol. The Morgan fingerprint density at radius 3 is 2.76 bits per heavy atom. The molecule has 9 heteroatoms. The topological polar surface area (TPSA) is 99.6 Å². The second-order valence-electron chi connectivity index (χ2n) is 10.4. The maximum absolute atomic E-state index is 13.3. The number of amides is 2. The fourth-order valence-corrected chi connectivity index (χ4v) is 5.98. The second kappa shape index (κ2) is 12.7. The molecule has 0 aromatic heterocycles. The highest BCUT2D eigenvalue weighted by Crippen LogP contribution is 2.41. The molecule has 204 valence electrons. The maximum Gasteiger partial charge on any atom is 0.308 e. The summed E-state index contributed by atoms with van der Waals surface area (Å²) in [5.74, 6) is -0.802. The Morgan fingerprint density at radius 1 is 1.22 bits per heavy atom. The van der Waals surface area contributed by atoms with Crippen molar-refractivity contribution in [3.05, 3.63) is 29.3 Å². The number of nitrogens with zero attached hydrogens (tertiary/aromatic N) is 3. The molecular formula is C28H41N3O6. The molecule has 3 heterocycles. The molecule has 0 radical (unpaired) electrons. The van der Waals surface area contributed by atoms with Crippen molar-refractivity contribution in [3.8, 4) is 5.75 Å². The lowest BCUT2D eigenvalue weighted by molar-refractivity contribution is -0.188. The molecule has 2 saturated heterocycles. The maximum atomic E-state index is 13.3. The molecule has 0 unspecified atom stereocenters. The third-order valence-corrected chi connectivity index (χ3v) is 7.77. The lowest BCUT2D eigenvalue weighted by Gasteiger charge is -2.29. The minimum absolute atomic E-state index is 0.116. The van der Waals surface area contributed by atoms with Gasteiger partial charge in [-0.1, -0.05) is 26.0 Å². The van der Waals surface area contributed by atoms with E-state index >= 15 is 0 Å². The normalized spacial score (nSPS) is 23.4. The van der Waals surface area contributed by atoms with Crippen LogP contribution in [0.3, 0.4) is 0 Å². The van der Waals surface area contributed by atoms with Crippen LogP contribution in [0.2, 0.25) is 0 Å². The first-order chi connectivity index (χ1) is 17.9. The van der Waals surface area contributed by atoms with Crippen LogP contribution in [0.1, 0.15) is 69.4 Å². The first-order valence-electron chi connectivity index (χ1n) is 13.9. The summed E-state index contributed by atoms with van der Waals surface area (Å²) in [7, 11) is 0. The molecule has 2 amide bonds. The Balaban J connectivity index is 1.54. The smallest absolute Gasteiger partial charge is 0.308 e. The van der Waals surface area contributed by atoms with Crippen LogP contribution in [0.15, 0.2) is 18.2 Å². The van der Waals surface area contributed by atoms with Crippen molar-refractivity contribution in [3.63, 3.8) is 0 Å². The van der Waals surface area contributed by atoms with E-state index in [4.69, 9.17) is 9.57 Å². The largest absolute Gasteiger partial charge is 0.493 e. The zero-order valence-electron chi connectivity index (χ0n) is 22.2. The molecule has 0 saturated carbocycles. The number of carbonyl (C=O) groups excluding carboxylic acids is 2. The molecule has 1 N–H and O–H groups in total. The van der Waals surface area contributed by atoms with Gasteiger partial charge in [0.1, 0.15) is 5.75 Å². The number of likely N-dealkylation sites (tertiary alicyclic amines) is 2. The molecule has 0 spiro atoms. The summed E-state index contributed by atoms with van der Waals surface area (Å²) in [5, 5.41) is 11.8. The van der Waals surface area contributed by atoms with Crippen molar-refractivity contribution in [1.82, 2.24) is 14.9 Å². The summed E-state index contributed by atoms with van der Waals surface area (Å²) >= 11 is 0. The summed E-state index contributed by atoms with van der Waals surface area (Å²) in [6.07, 6.45) is 5.21. The van der Waals surface area contributed by atoms with Crippen LogP contribution in [0, 0.1) is 5.92 Å². The second-order valence-corrected chi connectivity index (χ2v) is 10.4. The summed E-state index contributed by atoms with van der Waals surface area (Å²) in [6.45, 7) is 7.63. The molecule has 3 aliphatic rings. The van der Waals surface area contributed by atoms with Gasteiger partial charge in [-0.15, -0.1) is 0 Å². The monoisotopic (exact) mass is 515 g/mol. The van der Waals surface area contributed by atoms with E-state index in [-0.39, 0.29) is 30.3 Å². The molecule has 4 rings (SSSR count). The molecule has 1 aromatic carbocycles. The number of carboxylic acid groups (broad SMARTS) is 1. The van der Waals surface area contributed by atoms with Gasteiger partial charge in [0.15, 0.2) is 0 Å². The first kappa shape index (κ1) is 27.4. The average molecular weight is 516 g/mol. The van der Waals surface area contributed by atoms with E-state index in [2.05, 4.69) is 6.07 Å². The van der Waals surface area contributed by atoms with Crippen molar-refractivity contribution >= 4 is 17.8 Å². The van der Waals surface area contributed by atoms with E-state index in [1.54, 1.807) is 0 Å². The van der Waals surface area contributed by atoms with Gasteiger partial charge in [-0.25, -0.2) is 5.06 Å². The predicted molar refractivity (Wildman–Crippen MR) is 138 cm³/mol. The lowest BCUT2D eigenvalue weighted by Crippen LogP contribution is -2.44. The highest BCUT2D eigenvalue weighted by Gasteiger charge is 2.47. The Labute approximate surface area is 219 Å². The number of hydrogen-bond acceptors (Lipinski definition) is 6. The standard InChI is InChI=1S/C28H41N3O6/c1-3-12-31(37-15-4-2)26(33)19-30-18-22(20-9-10-24-21(17-20)11-16-36-24)27(28(34)35)23(30)7-5-13-29-14-6-8-25(29)32/h9-10,17,22-23,27H,3-8,11-16,18-19H2,1-2H3,(H,34,35)/t22-,23+,27-/m1/s1.